The van der Waals surface area contributed by atoms with E-state index in [0.29, 0.717) is 5.56 Å². The largest absolute Gasteiger partial charge is 0.508 e. The number of phenols is 1. The maximum absolute atomic E-state index is 11.7. The van der Waals surface area contributed by atoms with E-state index in [-0.39, 0.29) is 17.1 Å². The first-order chi connectivity index (χ1) is 9.82. The number of hydrogen-bond donors (Lipinski definition) is 1. The molecule has 3 nitrogen and oxygen atoms in total. The Morgan fingerprint density at radius 1 is 1.10 bits per heavy atom. The van der Waals surface area contributed by atoms with Crippen molar-refractivity contribution in [3.63, 3.8) is 0 Å². The van der Waals surface area contributed by atoms with Crippen molar-refractivity contribution in [1.82, 2.24) is 0 Å². The molecule has 0 spiro atoms. The van der Waals surface area contributed by atoms with Gasteiger partial charge in [0.05, 0.1) is 12.7 Å². The van der Waals surface area contributed by atoms with Crippen molar-refractivity contribution in [2.75, 3.05) is 7.11 Å². The summed E-state index contributed by atoms with van der Waals surface area (Å²) < 4.78 is 4.79. The highest BCUT2D eigenvalue weighted by Gasteiger charge is 2.21. The fraction of sp³-hybridized carbons (Fsp3) is 0.278. The monoisotopic (exact) mass is 284 g/mol. The maximum Gasteiger partial charge on any atom is 0.337 e. The molecule has 0 radical (unpaired) electrons. The second kappa shape index (κ2) is 5.60. The number of carbonyl (C=O) groups is 1. The fourth-order valence-electron chi connectivity index (χ4n) is 2.33. The zero-order valence-corrected chi connectivity index (χ0v) is 12.8. The first kappa shape index (κ1) is 15.1. The fourth-order valence-corrected chi connectivity index (χ4v) is 2.33. The topological polar surface area (TPSA) is 46.5 Å². The molecule has 0 aliphatic rings. The van der Waals surface area contributed by atoms with Gasteiger partial charge in [0, 0.05) is 0 Å². The van der Waals surface area contributed by atoms with Crippen LogP contribution >= 0.6 is 0 Å². The number of ether oxygens (including phenoxy) is 1. The molecule has 21 heavy (non-hydrogen) atoms. The van der Waals surface area contributed by atoms with Crippen molar-refractivity contribution >= 4 is 5.97 Å². The molecule has 0 saturated carbocycles. The Morgan fingerprint density at radius 3 is 2.38 bits per heavy atom. The van der Waals surface area contributed by atoms with Gasteiger partial charge in [-0.15, -0.1) is 0 Å². The SMILES string of the molecule is COC(=O)c1ccc(-c2cccc(O)c2)c(C(C)(C)C)c1. The van der Waals surface area contributed by atoms with Crippen LogP contribution in [0.15, 0.2) is 42.5 Å². The third-order valence-electron chi connectivity index (χ3n) is 3.41. The zero-order valence-electron chi connectivity index (χ0n) is 12.8. The van der Waals surface area contributed by atoms with Gasteiger partial charge in [-0.2, -0.15) is 0 Å². The van der Waals surface area contributed by atoms with E-state index in [9.17, 15) is 9.90 Å². The van der Waals surface area contributed by atoms with Crippen molar-refractivity contribution in [3.8, 4) is 16.9 Å². The van der Waals surface area contributed by atoms with Gasteiger partial charge in [0.25, 0.3) is 0 Å². The van der Waals surface area contributed by atoms with Crippen LogP contribution in [0, 0.1) is 0 Å². The van der Waals surface area contributed by atoms with Crippen LogP contribution < -0.4 is 0 Å². The maximum atomic E-state index is 11.7. The number of rotatable bonds is 2. The summed E-state index contributed by atoms with van der Waals surface area (Å²) in [6.07, 6.45) is 0. The second-order valence-corrected chi connectivity index (χ2v) is 6.05. The number of phenolic OH excluding ortho intramolecular Hbond substituents is 1. The van der Waals surface area contributed by atoms with E-state index in [1.54, 1.807) is 18.2 Å². The average molecular weight is 284 g/mol. The summed E-state index contributed by atoms with van der Waals surface area (Å²) in [7, 11) is 1.38. The molecule has 0 unspecified atom stereocenters. The van der Waals surface area contributed by atoms with Crippen molar-refractivity contribution in [1.29, 1.82) is 0 Å². The Balaban J connectivity index is 2.63. The molecule has 3 heteroatoms. The molecule has 0 aliphatic carbocycles. The molecule has 110 valence electrons. The van der Waals surface area contributed by atoms with E-state index < -0.39 is 0 Å². The summed E-state index contributed by atoms with van der Waals surface area (Å²) in [5.74, 6) is -0.118. The predicted molar refractivity (Wildman–Crippen MR) is 83.6 cm³/mol. The lowest BCUT2D eigenvalue weighted by Crippen LogP contribution is -2.14. The van der Waals surface area contributed by atoms with E-state index in [4.69, 9.17) is 4.74 Å². The van der Waals surface area contributed by atoms with Crippen LogP contribution in [0.4, 0.5) is 0 Å². The Bertz CT molecular complexity index is 666. The van der Waals surface area contributed by atoms with Crippen molar-refractivity contribution < 1.29 is 14.6 Å². The van der Waals surface area contributed by atoms with Crippen LogP contribution in [0.3, 0.4) is 0 Å². The summed E-state index contributed by atoms with van der Waals surface area (Å²) in [5, 5.41) is 9.67. The molecule has 2 rings (SSSR count). The van der Waals surface area contributed by atoms with Gasteiger partial charge < -0.3 is 9.84 Å². The van der Waals surface area contributed by atoms with Crippen LogP contribution in [0.25, 0.3) is 11.1 Å². The molecule has 1 N–H and O–H groups in total. The lowest BCUT2D eigenvalue weighted by molar-refractivity contribution is 0.0600. The number of methoxy groups -OCH3 is 1. The van der Waals surface area contributed by atoms with Gasteiger partial charge >= 0.3 is 5.97 Å². The zero-order chi connectivity index (χ0) is 15.6. The highest BCUT2D eigenvalue weighted by atomic mass is 16.5. The number of aromatic hydroxyl groups is 1. The normalized spacial score (nSPS) is 11.2. The Morgan fingerprint density at radius 2 is 1.81 bits per heavy atom. The summed E-state index contributed by atoms with van der Waals surface area (Å²) in [6.45, 7) is 6.28. The van der Waals surface area contributed by atoms with Gasteiger partial charge in [-0.1, -0.05) is 39.0 Å². The summed E-state index contributed by atoms with van der Waals surface area (Å²) in [5.41, 5.74) is 3.37. The van der Waals surface area contributed by atoms with Gasteiger partial charge in [-0.25, -0.2) is 4.79 Å². The molecule has 2 aromatic rings. The van der Waals surface area contributed by atoms with E-state index in [2.05, 4.69) is 20.8 Å². The number of carbonyl (C=O) groups excluding carboxylic acids is 1. The van der Waals surface area contributed by atoms with Crippen molar-refractivity contribution in [2.45, 2.75) is 26.2 Å². The molecule has 0 heterocycles. The second-order valence-electron chi connectivity index (χ2n) is 6.05. The van der Waals surface area contributed by atoms with E-state index in [0.717, 1.165) is 16.7 Å². The minimum Gasteiger partial charge on any atom is -0.508 e. The van der Waals surface area contributed by atoms with Gasteiger partial charge in [0.15, 0.2) is 0 Å². The highest BCUT2D eigenvalue weighted by Crippen LogP contribution is 2.35. The Labute approximate surface area is 125 Å². The average Bonchev–Trinajstić information content (AvgIpc) is 2.45. The molecular weight excluding hydrogens is 264 g/mol. The van der Waals surface area contributed by atoms with Crippen LogP contribution in [0.5, 0.6) is 5.75 Å². The summed E-state index contributed by atoms with van der Waals surface area (Å²) >= 11 is 0. The summed E-state index contributed by atoms with van der Waals surface area (Å²) in [4.78, 5) is 11.7. The van der Waals surface area contributed by atoms with Crippen LogP contribution in [0.1, 0.15) is 36.7 Å². The van der Waals surface area contributed by atoms with E-state index >= 15 is 0 Å². The first-order valence-electron chi connectivity index (χ1n) is 6.85. The minimum atomic E-state index is -0.344. The Kier molecular flexibility index (Phi) is 4.03. The number of esters is 1. The third kappa shape index (κ3) is 3.24. The highest BCUT2D eigenvalue weighted by molar-refractivity contribution is 5.90. The smallest absolute Gasteiger partial charge is 0.337 e. The van der Waals surface area contributed by atoms with Gasteiger partial charge in [0.2, 0.25) is 0 Å². The Hall–Kier alpha value is -2.29. The van der Waals surface area contributed by atoms with Gasteiger partial charge in [-0.3, -0.25) is 0 Å². The molecule has 2 aromatic carbocycles. The third-order valence-corrected chi connectivity index (χ3v) is 3.41. The molecular formula is C18H20O3. The molecule has 0 fully saturated rings. The summed E-state index contributed by atoms with van der Waals surface area (Å²) in [6, 6.07) is 12.6. The minimum absolute atomic E-state index is 0.134. The first-order valence-corrected chi connectivity index (χ1v) is 6.85. The van der Waals surface area contributed by atoms with Crippen molar-refractivity contribution in [3.05, 3.63) is 53.6 Å². The molecule has 0 aliphatic heterocycles. The quantitative estimate of drug-likeness (QED) is 0.843. The molecule has 0 amide bonds. The lowest BCUT2D eigenvalue weighted by atomic mass is 9.81. The van der Waals surface area contributed by atoms with Gasteiger partial charge in [-0.05, 0) is 46.4 Å². The molecule has 0 aromatic heterocycles. The lowest BCUT2D eigenvalue weighted by Gasteiger charge is -2.24. The standard InChI is InChI=1S/C18H20O3/c1-18(2,3)16-11-13(17(20)21-4)8-9-15(16)12-6-5-7-14(19)10-12/h5-11,19H,1-4H3. The number of hydrogen-bond acceptors (Lipinski definition) is 3. The molecule has 0 saturated heterocycles. The van der Waals surface area contributed by atoms with Gasteiger partial charge in [0.1, 0.15) is 5.75 Å². The van der Waals surface area contributed by atoms with E-state index in [1.165, 1.54) is 7.11 Å². The molecule has 0 atom stereocenters. The number of benzene rings is 2. The van der Waals surface area contributed by atoms with Crippen molar-refractivity contribution in [2.24, 2.45) is 0 Å². The van der Waals surface area contributed by atoms with E-state index in [1.807, 2.05) is 24.3 Å². The van der Waals surface area contributed by atoms with Crippen LogP contribution in [0.2, 0.25) is 0 Å². The van der Waals surface area contributed by atoms with Crippen LogP contribution in [-0.2, 0) is 10.2 Å². The van der Waals surface area contributed by atoms with Crippen LogP contribution in [-0.4, -0.2) is 18.2 Å². The molecule has 0 bridgehead atoms. The predicted octanol–water partition coefficient (Wildman–Crippen LogP) is 4.14.